The van der Waals surface area contributed by atoms with Crippen molar-refractivity contribution >= 4 is 5.82 Å². The summed E-state index contributed by atoms with van der Waals surface area (Å²) in [6.45, 7) is 3.68. The first-order chi connectivity index (χ1) is 5.69. The van der Waals surface area contributed by atoms with Gasteiger partial charge >= 0.3 is 0 Å². The van der Waals surface area contributed by atoms with Crippen LogP contribution in [0.25, 0.3) is 0 Å². The molecule has 66 valence electrons. The molecule has 0 spiro atoms. The van der Waals surface area contributed by atoms with Gasteiger partial charge in [0.1, 0.15) is 11.6 Å². The lowest BCUT2D eigenvalue weighted by Crippen LogP contribution is -2.06. The lowest BCUT2D eigenvalue weighted by molar-refractivity contribution is 0.557. The molecule has 0 bridgehead atoms. The van der Waals surface area contributed by atoms with E-state index in [0.29, 0.717) is 24.2 Å². The minimum Gasteiger partial charge on any atom is -0.383 e. The van der Waals surface area contributed by atoms with E-state index in [1.807, 2.05) is 13.8 Å². The molecule has 2 N–H and O–H groups in total. The van der Waals surface area contributed by atoms with E-state index in [1.54, 1.807) is 0 Å². The van der Waals surface area contributed by atoms with Crippen molar-refractivity contribution in [2.45, 2.75) is 26.7 Å². The van der Waals surface area contributed by atoms with Gasteiger partial charge in [0.15, 0.2) is 0 Å². The fourth-order valence-electron chi connectivity index (χ4n) is 1.00. The highest BCUT2D eigenvalue weighted by Gasteiger charge is 2.08. The lowest BCUT2D eigenvalue weighted by Gasteiger charge is -2.04. The molecule has 0 aliphatic rings. The van der Waals surface area contributed by atoms with Crippen LogP contribution in [-0.2, 0) is 12.8 Å². The molecule has 1 aromatic heterocycles. The second-order valence-electron chi connectivity index (χ2n) is 2.50. The number of nitrogen functional groups attached to an aromatic ring is 1. The zero-order valence-electron chi connectivity index (χ0n) is 7.26. The number of aromatic nitrogens is 2. The van der Waals surface area contributed by atoms with Crippen LogP contribution in [0, 0.1) is 5.95 Å². The number of nitrogens with two attached hydrogens (primary N) is 1. The van der Waals surface area contributed by atoms with E-state index in [2.05, 4.69) is 9.97 Å². The normalized spacial score (nSPS) is 10.2. The molecule has 0 aromatic carbocycles. The van der Waals surface area contributed by atoms with Gasteiger partial charge in [0, 0.05) is 12.0 Å². The molecule has 12 heavy (non-hydrogen) atoms. The van der Waals surface area contributed by atoms with E-state index >= 15 is 0 Å². The SMILES string of the molecule is CCc1nc(N)c(CC)c(F)n1. The monoisotopic (exact) mass is 169 g/mol. The second kappa shape index (κ2) is 3.47. The molecule has 0 radical (unpaired) electrons. The van der Waals surface area contributed by atoms with E-state index in [1.165, 1.54) is 0 Å². The molecule has 0 unspecified atom stereocenters. The third-order valence-electron chi connectivity index (χ3n) is 1.70. The van der Waals surface area contributed by atoms with Gasteiger partial charge in [0.05, 0.1) is 0 Å². The molecule has 0 aliphatic heterocycles. The van der Waals surface area contributed by atoms with Crippen molar-refractivity contribution in [1.82, 2.24) is 9.97 Å². The molecule has 0 fully saturated rings. The number of hydrogen-bond acceptors (Lipinski definition) is 3. The maximum absolute atomic E-state index is 13.1. The van der Waals surface area contributed by atoms with Crippen LogP contribution in [-0.4, -0.2) is 9.97 Å². The quantitative estimate of drug-likeness (QED) is 0.679. The van der Waals surface area contributed by atoms with Gasteiger partial charge in [-0.05, 0) is 6.42 Å². The number of nitrogens with zero attached hydrogens (tertiary/aromatic N) is 2. The van der Waals surface area contributed by atoms with Gasteiger partial charge in [-0.2, -0.15) is 4.39 Å². The summed E-state index contributed by atoms with van der Waals surface area (Å²) in [5.41, 5.74) is 5.93. The van der Waals surface area contributed by atoms with Gasteiger partial charge in [-0.15, -0.1) is 0 Å². The van der Waals surface area contributed by atoms with Gasteiger partial charge in [-0.25, -0.2) is 9.97 Å². The van der Waals surface area contributed by atoms with Crippen LogP contribution in [0.2, 0.25) is 0 Å². The van der Waals surface area contributed by atoms with Gasteiger partial charge in [-0.1, -0.05) is 13.8 Å². The number of rotatable bonds is 2. The van der Waals surface area contributed by atoms with Crippen molar-refractivity contribution in [3.63, 3.8) is 0 Å². The molecular weight excluding hydrogens is 157 g/mol. The van der Waals surface area contributed by atoms with Crippen LogP contribution in [0.4, 0.5) is 10.2 Å². The third-order valence-corrected chi connectivity index (χ3v) is 1.70. The fourth-order valence-corrected chi connectivity index (χ4v) is 1.00. The average molecular weight is 169 g/mol. The summed E-state index contributed by atoms with van der Waals surface area (Å²) in [4.78, 5) is 7.62. The predicted molar refractivity (Wildman–Crippen MR) is 45.2 cm³/mol. The predicted octanol–water partition coefficient (Wildman–Crippen LogP) is 1.32. The van der Waals surface area contributed by atoms with E-state index < -0.39 is 5.95 Å². The van der Waals surface area contributed by atoms with Crippen LogP contribution >= 0.6 is 0 Å². The molecular formula is C8H12FN3. The molecule has 0 atom stereocenters. The zero-order valence-corrected chi connectivity index (χ0v) is 7.26. The summed E-state index contributed by atoms with van der Waals surface area (Å²) in [7, 11) is 0. The molecule has 0 saturated carbocycles. The lowest BCUT2D eigenvalue weighted by atomic mass is 10.2. The molecule has 1 heterocycles. The summed E-state index contributed by atoms with van der Waals surface area (Å²) in [5.74, 6) is 0.242. The smallest absolute Gasteiger partial charge is 0.221 e. The summed E-state index contributed by atoms with van der Waals surface area (Å²) < 4.78 is 13.1. The highest BCUT2D eigenvalue weighted by atomic mass is 19.1. The van der Waals surface area contributed by atoms with Crippen molar-refractivity contribution in [3.05, 3.63) is 17.3 Å². The first kappa shape index (κ1) is 8.90. The van der Waals surface area contributed by atoms with Crippen LogP contribution < -0.4 is 5.73 Å². The Morgan fingerprint density at radius 2 is 1.92 bits per heavy atom. The molecule has 0 saturated heterocycles. The molecule has 1 rings (SSSR count). The Labute approximate surface area is 70.8 Å². The maximum Gasteiger partial charge on any atom is 0.221 e. The van der Waals surface area contributed by atoms with Gasteiger partial charge in [0.2, 0.25) is 5.95 Å². The zero-order chi connectivity index (χ0) is 9.14. The standard InChI is InChI=1S/C8H12FN3/c1-3-5-7(9)11-6(4-2)12-8(5)10/h3-4H2,1-2H3,(H2,10,11,12). The average Bonchev–Trinajstić information content (AvgIpc) is 2.03. The number of anilines is 1. The van der Waals surface area contributed by atoms with Crippen LogP contribution in [0.5, 0.6) is 0 Å². The maximum atomic E-state index is 13.1. The van der Waals surface area contributed by atoms with Gasteiger partial charge in [-0.3, -0.25) is 0 Å². The molecule has 0 amide bonds. The Balaban J connectivity index is 3.18. The minimum atomic E-state index is -0.484. The summed E-state index contributed by atoms with van der Waals surface area (Å²) in [6, 6.07) is 0. The first-order valence-corrected chi connectivity index (χ1v) is 3.99. The molecule has 3 nitrogen and oxygen atoms in total. The summed E-state index contributed by atoms with van der Waals surface area (Å²) in [5, 5.41) is 0. The van der Waals surface area contributed by atoms with E-state index in [0.717, 1.165) is 0 Å². The Morgan fingerprint density at radius 1 is 1.25 bits per heavy atom. The molecule has 1 aromatic rings. The van der Waals surface area contributed by atoms with E-state index in [4.69, 9.17) is 5.73 Å². The van der Waals surface area contributed by atoms with Gasteiger partial charge in [0.25, 0.3) is 0 Å². The Kier molecular flexibility index (Phi) is 2.58. The van der Waals surface area contributed by atoms with Crippen molar-refractivity contribution in [1.29, 1.82) is 0 Å². The Hall–Kier alpha value is -1.19. The Morgan fingerprint density at radius 3 is 2.33 bits per heavy atom. The second-order valence-corrected chi connectivity index (χ2v) is 2.50. The first-order valence-electron chi connectivity index (χ1n) is 3.99. The van der Waals surface area contributed by atoms with E-state index in [9.17, 15) is 4.39 Å². The van der Waals surface area contributed by atoms with Crippen molar-refractivity contribution in [2.75, 3.05) is 5.73 Å². The summed E-state index contributed by atoms with van der Waals surface area (Å²) in [6.07, 6.45) is 1.13. The van der Waals surface area contributed by atoms with Gasteiger partial charge < -0.3 is 5.73 Å². The topological polar surface area (TPSA) is 51.8 Å². The van der Waals surface area contributed by atoms with Crippen molar-refractivity contribution in [2.24, 2.45) is 0 Å². The van der Waals surface area contributed by atoms with Crippen LogP contribution in [0.15, 0.2) is 0 Å². The molecule has 0 aliphatic carbocycles. The highest BCUT2D eigenvalue weighted by Crippen LogP contribution is 2.12. The number of halogens is 1. The fraction of sp³-hybridized carbons (Fsp3) is 0.500. The minimum absolute atomic E-state index is 0.266. The Bertz CT molecular complexity index is 263. The third kappa shape index (κ3) is 1.52. The number of hydrogen-bond donors (Lipinski definition) is 1. The largest absolute Gasteiger partial charge is 0.383 e. The summed E-state index contributed by atoms with van der Waals surface area (Å²) >= 11 is 0. The van der Waals surface area contributed by atoms with Crippen molar-refractivity contribution in [3.8, 4) is 0 Å². The van der Waals surface area contributed by atoms with Crippen LogP contribution in [0.1, 0.15) is 25.2 Å². The van der Waals surface area contributed by atoms with E-state index in [-0.39, 0.29) is 5.82 Å². The van der Waals surface area contributed by atoms with Crippen LogP contribution in [0.3, 0.4) is 0 Å². The van der Waals surface area contributed by atoms with Crippen molar-refractivity contribution < 1.29 is 4.39 Å². The highest BCUT2D eigenvalue weighted by molar-refractivity contribution is 5.38. The number of aryl methyl sites for hydroxylation is 1. The molecule has 4 heteroatoms.